The van der Waals surface area contributed by atoms with E-state index < -0.39 is 5.82 Å². The summed E-state index contributed by atoms with van der Waals surface area (Å²) in [5.41, 5.74) is 3.74. The highest BCUT2D eigenvalue weighted by Gasteiger charge is 2.22. The van der Waals surface area contributed by atoms with E-state index in [2.05, 4.69) is 16.8 Å². The monoisotopic (exact) mass is 514 g/mol. The van der Waals surface area contributed by atoms with Gasteiger partial charge in [-0.1, -0.05) is 23.8 Å². The van der Waals surface area contributed by atoms with Crippen LogP contribution in [0.15, 0.2) is 85.5 Å². The summed E-state index contributed by atoms with van der Waals surface area (Å²) in [5, 5.41) is 2.82. The first-order valence-electron chi connectivity index (χ1n) is 12.5. The van der Waals surface area contributed by atoms with Gasteiger partial charge >= 0.3 is 0 Å². The molecule has 0 radical (unpaired) electrons. The molecule has 1 N–H and O–H groups in total. The first-order valence-corrected chi connectivity index (χ1v) is 12.5. The highest BCUT2D eigenvalue weighted by Crippen LogP contribution is 2.20. The average molecular weight is 515 g/mol. The van der Waals surface area contributed by atoms with E-state index in [0.717, 1.165) is 11.3 Å². The summed E-state index contributed by atoms with van der Waals surface area (Å²) < 4.78 is 13.2. The molecule has 0 saturated carbocycles. The van der Waals surface area contributed by atoms with Crippen LogP contribution in [0.3, 0.4) is 0 Å². The highest BCUT2D eigenvalue weighted by atomic mass is 19.1. The Morgan fingerprint density at radius 2 is 1.50 bits per heavy atom. The number of benzene rings is 3. The first kappa shape index (κ1) is 26.6. The number of piperazine rings is 1. The van der Waals surface area contributed by atoms with Crippen molar-refractivity contribution < 1.29 is 18.8 Å². The quantitative estimate of drug-likeness (QED) is 0.454. The Labute approximate surface area is 222 Å². The minimum Gasteiger partial charge on any atom is -0.368 e. The number of aryl methyl sites for hydroxylation is 1. The summed E-state index contributed by atoms with van der Waals surface area (Å²) in [5.74, 6) is -1.12. The molecular formula is C30H31FN4O3. The zero-order chi connectivity index (χ0) is 27.1. The fourth-order valence-corrected chi connectivity index (χ4v) is 4.33. The second kappa shape index (κ2) is 12.2. The van der Waals surface area contributed by atoms with E-state index in [9.17, 15) is 18.8 Å². The largest absolute Gasteiger partial charge is 0.368 e. The van der Waals surface area contributed by atoms with Crippen LogP contribution in [-0.4, -0.2) is 66.8 Å². The Bertz CT molecular complexity index is 1280. The molecule has 0 spiro atoms. The molecule has 38 heavy (non-hydrogen) atoms. The van der Waals surface area contributed by atoms with E-state index in [1.807, 2.05) is 60.4 Å². The number of rotatable bonds is 8. The fourth-order valence-electron chi connectivity index (χ4n) is 4.33. The number of carbonyl (C=O) groups excluding carboxylic acids is 3. The molecule has 7 nitrogen and oxygen atoms in total. The van der Waals surface area contributed by atoms with Gasteiger partial charge in [-0.05, 0) is 67.6 Å². The molecule has 0 unspecified atom stereocenters. The number of hydrogen-bond acceptors (Lipinski definition) is 4. The number of hydrogen-bond donors (Lipinski definition) is 1. The Morgan fingerprint density at radius 3 is 2.11 bits per heavy atom. The predicted molar refractivity (Wildman–Crippen MR) is 147 cm³/mol. The van der Waals surface area contributed by atoms with Crippen molar-refractivity contribution in [3.05, 3.63) is 108 Å². The van der Waals surface area contributed by atoms with Crippen molar-refractivity contribution in [2.45, 2.75) is 6.92 Å². The maximum absolute atomic E-state index is 13.2. The lowest BCUT2D eigenvalue weighted by atomic mass is 10.1. The van der Waals surface area contributed by atoms with E-state index in [0.29, 0.717) is 43.0 Å². The van der Waals surface area contributed by atoms with Crippen LogP contribution in [0.4, 0.5) is 15.8 Å². The molecule has 1 fully saturated rings. The second-order valence-electron chi connectivity index (χ2n) is 9.22. The Kier molecular flexibility index (Phi) is 8.53. The van der Waals surface area contributed by atoms with Crippen LogP contribution in [-0.2, 0) is 4.79 Å². The molecule has 8 heteroatoms. The third-order valence-electron chi connectivity index (χ3n) is 6.44. The van der Waals surface area contributed by atoms with Crippen molar-refractivity contribution in [2.75, 3.05) is 49.5 Å². The molecule has 1 heterocycles. The SMILES string of the molecule is C=CCN(CC(=O)Nc1ccc(N2CCN(C(=O)c3ccc(C)cc3)CC2)cc1)C(=O)c1ccc(F)cc1. The van der Waals surface area contributed by atoms with Crippen LogP contribution in [0.5, 0.6) is 0 Å². The maximum atomic E-state index is 13.2. The topological polar surface area (TPSA) is 73.0 Å². The minimum atomic E-state index is -0.435. The molecule has 3 amide bonds. The van der Waals surface area contributed by atoms with Gasteiger partial charge in [0.15, 0.2) is 0 Å². The number of halogens is 1. The number of carbonyl (C=O) groups is 3. The smallest absolute Gasteiger partial charge is 0.254 e. The van der Waals surface area contributed by atoms with Crippen molar-refractivity contribution in [3.8, 4) is 0 Å². The predicted octanol–water partition coefficient (Wildman–Crippen LogP) is 4.36. The molecule has 1 saturated heterocycles. The summed E-state index contributed by atoms with van der Waals surface area (Å²) in [6.07, 6.45) is 1.54. The van der Waals surface area contributed by atoms with Crippen LogP contribution in [0.2, 0.25) is 0 Å². The van der Waals surface area contributed by atoms with Crippen LogP contribution in [0.1, 0.15) is 26.3 Å². The van der Waals surface area contributed by atoms with E-state index in [1.165, 1.54) is 35.2 Å². The summed E-state index contributed by atoms with van der Waals surface area (Å²) in [6, 6.07) is 20.3. The molecule has 0 aliphatic carbocycles. The third kappa shape index (κ3) is 6.64. The molecular weight excluding hydrogens is 483 g/mol. The fraction of sp³-hybridized carbons (Fsp3) is 0.233. The van der Waals surface area contributed by atoms with Gasteiger partial charge < -0.3 is 20.0 Å². The number of nitrogens with zero attached hydrogens (tertiary/aromatic N) is 3. The van der Waals surface area contributed by atoms with Gasteiger partial charge in [0, 0.05) is 55.2 Å². The Hall–Kier alpha value is -4.46. The van der Waals surface area contributed by atoms with Gasteiger partial charge in [-0.2, -0.15) is 0 Å². The lowest BCUT2D eigenvalue weighted by Gasteiger charge is -2.36. The van der Waals surface area contributed by atoms with Gasteiger partial charge in [0.25, 0.3) is 11.8 Å². The van der Waals surface area contributed by atoms with E-state index in [-0.39, 0.29) is 30.8 Å². The molecule has 3 aromatic rings. The molecule has 196 valence electrons. The summed E-state index contributed by atoms with van der Waals surface area (Å²) in [6.45, 7) is 8.36. The zero-order valence-electron chi connectivity index (χ0n) is 21.4. The standard InChI is InChI=1S/C30H31FN4O3/c1-3-16-35(30(38)24-8-10-25(31)11-9-24)21-28(36)32-26-12-14-27(15-13-26)33-17-19-34(20-18-33)29(37)23-6-4-22(2)5-7-23/h3-15H,1,16-21H2,2H3,(H,32,36). The highest BCUT2D eigenvalue weighted by molar-refractivity contribution is 5.99. The van der Waals surface area contributed by atoms with Gasteiger partial charge in [-0.3, -0.25) is 14.4 Å². The molecule has 0 bridgehead atoms. The molecule has 1 aliphatic heterocycles. The van der Waals surface area contributed by atoms with E-state index in [1.54, 1.807) is 0 Å². The van der Waals surface area contributed by atoms with Gasteiger partial charge in [0.1, 0.15) is 12.4 Å². The van der Waals surface area contributed by atoms with E-state index in [4.69, 9.17) is 0 Å². The lowest BCUT2D eigenvalue weighted by molar-refractivity contribution is -0.116. The van der Waals surface area contributed by atoms with Crippen molar-refractivity contribution in [3.63, 3.8) is 0 Å². The third-order valence-corrected chi connectivity index (χ3v) is 6.44. The molecule has 0 aromatic heterocycles. The van der Waals surface area contributed by atoms with Crippen molar-refractivity contribution in [1.29, 1.82) is 0 Å². The Morgan fingerprint density at radius 1 is 0.895 bits per heavy atom. The first-order chi connectivity index (χ1) is 18.3. The second-order valence-corrected chi connectivity index (χ2v) is 9.22. The average Bonchev–Trinajstić information content (AvgIpc) is 2.93. The Balaban J connectivity index is 1.30. The van der Waals surface area contributed by atoms with Gasteiger partial charge in [0.05, 0.1) is 0 Å². The summed E-state index contributed by atoms with van der Waals surface area (Å²) in [4.78, 5) is 43.6. The van der Waals surface area contributed by atoms with Crippen LogP contribution >= 0.6 is 0 Å². The zero-order valence-corrected chi connectivity index (χ0v) is 21.4. The summed E-state index contributed by atoms with van der Waals surface area (Å²) >= 11 is 0. The maximum Gasteiger partial charge on any atom is 0.254 e. The molecule has 1 aliphatic rings. The van der Waals surface area contributed by atoms with Crippen molar-refractivity contribution >= 4 is 29.1 Å². The van der Waals surface area contributed by atoms with Gasteiger partial charge in [-0.25, -0.2) is 4.39 Å². The lowest BCUT2D eigenvalue weighted by Crippen LogP contribution is -2.48. The van der Waals surface area contributed by atoms with Crippen molar-refractivity contribution in [1.82, 2.24) is 9.80 Å². The number of nitrogens with one attached hydrogen (secondary N) is 1. The normalized spacial score (nSPS) is 13.1. The summed E-state index contributed by atoms with van der Waals surface area (Å²) in [7, 11) is 0. The molecule has 4 rings (SSSR count). The molecule has 0 atom stereocenters. The van der Waals surface area contributed by atoms with Crippen LogP contribution < -0.4 is 10.2 Å². The van der Waals surface area contributed by atoms with Gasteiger partial charge in [-0.15, -0.1) is 6.58 Å². The minimum absolute atomic E-state index is 0.0473. The van der Waals surface area contributed by atoms with E-state index >= 15 is 0 Å². The van der Waals surface area contributed by atoms with Gasteiger partial charge in [0.2, 0.25) is 5.91 Å². The van der Waals surface area contributed by atoms with Crippen LogP contribution in [0, 0.1) is 12.7 Å². The number of anilines is 2. The van der Waals surface area contributed by atoms with Crippen molar-refractivity contribution in [2.24, 2.45) is 0 Å². The van der Waals surface area contributed by atoms with Crippen LogP contribution in [0.25, 0.3) is 0 Å². The number of amides is 3. The molecule has 3 aromatic carbocycles.